The van der Waals surface area contributed by atoms with Crippen LogP contribution in [0.4, 0.5) is 4.39 Å². The fourth-order valence-electron chi connectivity index (χ4n) is 1.52. The molecule has 2 aromatic rings. The van der Waals surface area contributed by atoms with E-state index in [1.54, 1.807) is 0 Å². The number of aromatic nitrogens is 1. The van der Waals surface area contributed by atoms with Gasteiger partial charge in [-0.2, -0.15) is 0 Å². The van der Waals surface area contributed by atoms with E-state index in [4.69, 9.17) is 16.7 Å². The van der Waals surface area contributed by atoms with Gasteiger partial charge in [0.05, 0.1) is 15.6 Å². The van der Waals surface area contributed by atoms with E-state index in [-0.39, 0.29) is 26.9 Å². The fourth-order valence-corrected chi connectivity index (χ4v) is 2.43. The van der Waals surface area contributed by atoms with Gasteiger partial charge in [0, 0.05) is 24.1 Å². The zero-order chi connectivity index (χ0) is 14.2. The average molecular weight is 302 g/mol. The van der Waals surface area contributed by atoms with Gasteiger partial charge in [-0.3, -0.25) is 4.98 Å². The topological polar surface area (TPSA) is 67.3 Å². The smallest absolute Gasteiger partial charge is 0.177 e. The summed E-state index contributed by atoms with van der Waals surface area (Å²) in [7, 11) is -3.42. The molecule has 0 fully saturated rings. The number of aromatic hydroxyl groups is 1. The first-order valence-electron chi connectivity index (χ1n) is 5.13. The summed E-state index contributed by atoms with van der Waals surface area (Å²) in [6.07, 6.45) is 2.14. The number of hydrogen-bond acceptors (Lipinski definition) is 4. The summed E-state index contributed by atoms with van der Waals surface area (Å²) in [4.78, 5) is 3.83. The van der Waals surface area contributed by atoms with Crippen molar-refractivity contribution >= 4 is 21.4 Å². The first-order chi connectivity index (χ1) is 8.79. The Bertz CT molecular complexity index is 747. The number of sulfone groups is 1. The van der Waals surface area contributed by atoms with Crippen LogP contribution in [0.3, 0.4) is 0 Å². The van der Waals surface area contributed by atoms with Crippen molar-refractivity contribution in [2.75, 3.05) is 6.26 Å². The van der Waals surface area contributed by atoms with E-state index < -0.39 is 15.7 Å². The van der Waals surface area contributed by atoms with Crippen molar-refractivity contribution in [1.82, 2.24) is 4.98 Å². The normalized spacial score (nSPS) is 11.5. The largest absolute Gasteiger partial charge is 0.508 e. The maximum absolute atomic E-state index is 13.7. The van der Waals surface area contributed by atoms with Crippen LogP contribution in [0.25, 0.3) is 11.3 Å². The molecule has 4 nitrogen and oxygen atoms in total. The molecule has 0 amide bonds. The second-order valence-corrected chi connectivity index (χ2v) is 6.36. The summed E-state index contributed by atoms with van der Waals surface area (Å²) in [5.41, 5.74) is 0.203. The van der Waals surface area contributed by atoms with Gasteiger partial charge in [-0.15, -0.1) is 0 Å². The molecule has 0 spiro atoms. The first-order valence-corrected chi connectivity index (χ1v) is 7.40. The quantitative estimate of drug-likeness (QED) is 0.926. The SMILES string of the molecule is CS(=O)(=O)c1cnc(-c2ccc(O)cc2F)c(Cl)c1. The molecule has 0 atom stereocenters. The zero-order valence-electron chi connectivity index (χ0n) is 9.76. The summed E-state index contributed by atoms with van der Waals surface area (Å²) in [5, 5.41) is 9.15. The third kappa shape index (κ3) is 2.85. The van der Waals surface area contributed by atoms with Gasteiger partial charge >= 0.3 is 0 Å². The van der Waals surface area contributed by atoms with Gasteiger partial charge in [0.2, 0.25) is 0 Å². The predicted octanol–water partition coefficient (Wildman–Crippen LogP) is 2.65. The molecule has 0 radical (unpaired) electrons. The number of hydrogen-bond donors (Lipinski definition) is 1. The predicted molar refractivity (Wildman–Crippen MR) is 69.4 cm³/mol. The average Bonchev–Trinajstić information content (AvgIpc) is 2.28. The molecule has 1 heterocycles. The van der Waals surface area contributed by atoms with Gasteiger partial charge in [-0.05, 0) is 18.2 Å². The number of benzene rings is 1. The molecular weight excluding hydrogens is 293 g/mol. The number of halogens is 2. The monoisotopic (exact) mass is 301 g/mol. The molecule has 0 saturated heterocycles. The lowest BCUT2D eigenvalue weighted by Gasteiger charge is -2.07. The second-order valence-electron chi connectivity index (χ2n) is 3.94. The lowest BCUT2D eigenvalue weighted by Crippen LogP contribution is -1.99. The number of phenols is 1. The van der Waals surface area contributed by atoms with E-state index in [1.807, 2.05) is 0 Å². The van der Waals surface area contributed by atoms with Crippen molar-refractivity contribution in [3.05, 3.63) is 41.3 Å². The van der Waals surface area contributed by atoms with Gasteiger partial charge in [0.25, 0.3) is 0 Å². The molecular formula is C12H9ClFNO3S. The van der Waals surface area contributed by atoms with E-state index in [0.29, 0.717) is 0 Å². The highest BCUT2D eigenvalue weighted by Gasteiger charge is 2.15. The lowest BCUT2D eigenvalue weighted by atomic mass is 10.1. The van der Waals surface area contributed by atoms with E-state index in [2.05, 4.69) is 4.98 Å². The standard InChI is InChI=1S/C12H9ClFNO3S/c1-19(17,18)8-5-10(13)12(15-6-8)9-3-2-7(16)4-11(9)14/h2-6,16H,1H3. The Labute approximate surface area is 114 Å². The van der Waals surface area contributed by atoms with Gasteiger partial charge in [-0.25, -0.2) is 12.8 Å². The third-order valence-corrected chi connectivity index (χ3v) is 3.82. The Hall–Kier alpha value is -1.66. The van der Waals surface area contributed by atoms with Crippen molar-refractivity contribution in [3.8, 4) is 17.0 Å². The molecule has 0 saturated carbocycles. The highest BCUT2D eigenvalue weighted by atomic mass is 35.5. The molecule has 1 aromatic carbocycles. The van der Waals surface area contributed by atoms with Crippen LogP contribution in [0.15, 0.2) is 35.4 Å². The number of phenolic OH excluding ortho intramolecular Hbond substituents is 1. The van der Waals surface area contributed by atoms with Crippen molar-refractivity contribution in [1.29, 1.82) is 0 Å². The van der Waals surface area contributed by atoms with Gasteiger partial charge in [0.1, 0.15) is 11.6 Å². The molecule has 1 N–H and O–H groups in total. The Balaban J connectivity index is 2.59. The van der Waals surface area contributed by atoms with Crippen LogP contribution in [-0.2, 0) is 9.84 Å². The van der Waals surface area contributed by atoms with Crippen LogP contribution in [-0.4, -0.2) is 24.8 Å². The minimum atomic E-state index is -3.42. The van der Waals surface area contributed by atoms with Crippen LogP contribution in [0, 0.1) is 5.82 Å². The fraction of sp³-hybridized carbons (Fsp3) is 0.0833. The minimum Gasteiger partial charge on any atom is -0.508 e. The molecule has 19 heavy (non-hydrogen) atoms. The molecule has 0 unspecified atom stereocenters. The Morgan fingerprint density at radius 1 is 1.32 bits per heavy atom. The number of rotatable bonds is 2. The van der Waals surface area contributed by atoms with Gasteiger partial charge < -0.3 is 5.11 Å². The van der Waals surface area contributed by atoms with Crippen LogP contribution in [0.2, 0.25) is 5.02 Å². The molecule has 2 rings (SSSR count). The highest BCUT2D eigenvalue weighted by molar-refractivity contribution is 7.90. The van der Waals surface area contributed by atoms with Gasteiger partial charge in [0.15, 0.2) is 9.84 Å². The van der Waals surface area contributed by atoms with Crippen LogP contribution in [0.1, 0.15) is 0 Å². The number of nitrogens with zero attached hydrogens (tertiary/aromatic N) is 1. The molecule has 0 aliphatic carbocycles. The Morgan fingerprint density at radius 2 is 2.00 bits per heavy atom. The maximum Gasteiger partial charge on any atom is 0.177 e. The molecule has 100 valence electrons. The summed E-state index contributed by atoms with van der Waals surface area (Å²) >= 11 is 5.93. The number of pyridine rings is 1. The van der Waals surface area contributed by atoms with Crippen molar-refractivity contribution in [3.63, 3.8) is 0 Å². The first kappa shape index (κ1) is 13.8. The van der Waals surface area contributed by atoms with Gasteiger partial charge in [-0.1, -0.05) is 11.6 Å². The zero-order valence-corrected chi connectivity index (χ0v) is 11.3. The Morgan fingerprint density at radius 3 is 2.53 bits per heavy atom. The third-order valence-electron chi connectivity index (χ3n) is 2.45. The maximum atomic E-state index is 13.7. The molecule has 0 aliphatic rings. The molecule has 0 aliphatic heterocycles. The molecule has 0 bridgehead atoms. The lowest BCUT2D eigenvalue weighted by molar-refractivity contribution is 0.469. The summed E-state index contributed by atoms with van der Waals surface area (Å²) in [5.74, 6) is -0.911. The summed E-state index contributed by atoms with van der Waals surface area (Å²) in [6, 6.07) is 4.75. The minimum absolute atomic E-state index is 0.0208. The van der Waals surface area contributed by atoms with E-state index in [0.717, 1.165) is 18.5 Å². The summed E-state index contributed by atoms with van der Waals surface area (Å²) < 4.78 is 36.4. The highest BCUT2D eigenvalue weighted by Crippen LogP contribution is 2.30. The van der Waals surface area contributed by atoms with Crippen LogP contribution < -0.4 is 0 Å². The Kier molecular flexibility index (Phi) is 3.47. The van der Waals surface area contributed by atoms with Crippen LogP contribution in [0.5, 0.6) is 5.75 Å². The van der Waals surface area contributed by atoms with E-state index in [1.165, 1.54) is 18.2 Å². The molecule has 7 heteroatoms. The summed E-state index contributed by atoms with van der Waals surface area (Å²) in [6.45, 7) is 0. The van der Waals surface area contributed by atoms with Crippen LogP contribution >= 0.6 is 11.6 Å². The van der Waals surface area contributed by atoms with E-state index in [9.17, 15) is 12.8 Å². The molecule has 1 aromatic heterocycles. The van der Waals surface area contributed by atoms with E-state index >= 15 is 0 Å². The van der Waals surface area contributed by atoms with Crippen molar-refractivity contribution < 1.29 is 17.9 Å². The second kappa shape index (κ2) is 4.79. The van der Waals surface area contributed by atoms with Crippen molar-refractivity contribution in [2.45, 2.75) is 4.90 Å². The van der Waals surface area contributed by atoms with Crippen molar-refractivity contribution in [2.24, 2.45) is 0 Å².